The quantitative estimate of drug-likeness (QED) is 0.860. The van der Waals surface area contributed by atoms with Crippen LogP contribution in [0.1, 0.15) is 17.5 Å². The molecule has 0 spiro atoms. The van der Waals surface area contributed by atoms with Crippen LogP contribution in [0.5, 0.6) is 0 Å². The molecule has 2 amide bonds. The van der Waals surface area contributed by atoms with Gasteiger partial charge in [-0.1, -0.05) is 6.07 Å². The van der Waals surface area contributed by atoms with Crippen molar-refractivity contribution in [3.05, 3.63) is 34.9 Å². The van der Waals surface area contributed by atoms with Crippen molar-refractivity contribution < 1.29 is 18.4 Å². The van der Waals surface area contributed by atoms with Crippen molar-refractivity contribution in [3.63, 3.8) is 0 Å². The predicted molar refractivity (Wildman–Crippen MR) is 64.1 cm³/mol. The second-order valence-electron chi connectivity index (χ2n) is 4.58. The molecule has 1 atom stereocenters. The lowest BCUT2D eigenvalue weighted by molar-refractivity contribution is -0.126. The number of nitrogens with one attached hydrogen (secondary N) is 2. The Balaban J connectivity index is 2.01. The van der Waals surface area contributed by atoms with Crippen molar-refractivity contribution in [2.45, 2.75) is 19.9 Å². The highest BCUT2D eigenvalue weighted by molar-refractivity contribution is 5.89. The number of aryl methyl sites for hydroxylation is 1. The maximum atomic E-state index is 13.7. The Hall–Kier alpha value is -1.98. The summed E-state index contributed by atoms with van der Waals surface area (Å²) in [4.78, 5) is 22.7. The zero-order chi connectivity index (χ0) is 14.0. The summed E-state index contributed by atoms with van der Waals surface area (Å²) in [6.45, 7) is 1.58. The van der Waals surface area contributed by atoms with E-state index in [2.05, 4.69) is 10.6 Å². The van der Waals surface area contributed by atoms with Gasteiger partial charge in [0, 0.05) is 25.1 Å². The highest BCUT2D eigenvalue weighted by atomic mass is 19.1. The van der Waals surface area contributed by atoms with E-state index in [1.54, 1.807) is 0 Å². The van der Waals surface area contributed by atoms with Crippen LogP contribution in [-0.2, 0) is 16.1 Å². The molecular formula is C13H14F2N2O2. The average Bonchev–Trinajstić information content (AvgIpc) is 2.80. The van der Waals surface area contributed by atoms with Gasteiger partial charge in [0.1, 0.15) is 11.6 Å². The van der Waals surface area contributed by atoms with E-state index in [-0.39, 0.29) is 36.9 Å². The molecule has 0 bridgehead atoms. The molecule has 1 unspecified atom stereocenters. The van der Waals surface area contributed by atoms with Crippen LogP contribution in [0.25, 0.3) is 0 Å². The third kappa shape index (κ3) is 2.89. The Bertz CT molecular complexity index is 532. The summed E-state index contributed by atoms with van der Waals surface area (Å²) >= 11 is 0. The van der Waals surface area contributed by atoms with Crippen LogP contribution >= 0.6 is 0 Å². The first-order valence-electron chi connectivity index (χ1n) is 5.97. The molecule has 1 aromatic rings. The fraction of sp³-hybridized carbons (Fsp3) is 0.385. The minimum atomic E-state index is -0.691. The van der Waals surface area contributed by atoms with E-state index in [1.165, 1.54) is 19.1 Å². The molecule has 1 heterocycles. The van der Waals surface area contributed by atoms with Gasteiger partial charge < -0.3 is 10.6 Å². The number of carbonyl (C=O) groups is 2. The summed E-state index contributed by atoms with van der Waals surface area (Å²) in [5, 5.41) is 4.99. The van der Waals surface area contributed by atoms with E-state index < -0.39 is 17.6 Å². The fourth-order valence-corrected chi connectivity index (χ4v) is 1.99. The van der Waals surface area contributed by atoms with E-state index in [4.69, 9.17) is 0 Å². The summed E-state index contributed by atoms with van der Waals surface area (Å²) < 4.78 is 27.2. The van der Waals surface area contributed by atoms with Crippen molar-refractivity contribution in [1.82, 2.24) is 10.6 Å². The Morgan fingerprint density at radius 3 is 2.84 bits per heavy atom. The van der Waals surface area contributed by atoms with Crippen molar-refractivity contribution in [2.24, 2.45) is 5.92 Å². The lowest BCUT2D eigenvalue weighted by atomic mass is 10.1. The lowest BCUT2D eigenvalue weighted by Gasteiger charge is -2.11. The predicted octanol–water partition coefficient (Wildman–Crippen LogP) is 1.03. The van der Waals surface area contributed by atoms with E-state index in [0.717, 1.165) is 0 Å². The van der Waals surface area contributed by atoms with Crippen LogP contribution < -0.4 is 10.6 Å². The van der Waals surface area contributed by atoms with Crippen LogP contribution in [0.4, 0.5) is 8.78 Å². The third-order valence-corrected chi connectivity index (χ3v) is 3.17. The van der Waals surface area contributed by atoms with Gasteiger partial charge in [-0.25, -0.2) is 8.78 Å². The van der Waals surface area contributed by atoms with Crippen molar-refractivity contribution in [1.29, 1.82) is 0 Å². The second kappa shape index (κ2) is 5.34. The van der Waals surface area contributed by atoms with Crippen LogP contribution in [-0.4, -0.2) is 18.4 Å². The van der Waals surface area contributed by atoms with Crippen LogP contribution in [0.2, 0.25) is 0 Å². The van der Waals surface area contributed by atoms with Crippen molar-refractivity contribution in [2.75, 3.05) is 6.54 Å². The second-order valence-corrected chi connectivity index (χ2v) is 4.58. The molecule has 0 aromatic heterocycles. The Morgan fingerprint density at radius 1 is 1.47 bits per heavy atom. The largest absolute Gasteiger partial charge is 0.355 e. The first-order valence-corrected chi connectivity index (χ1v) is 5.97. The van der Waals surface area contributed by atoms with E-state index in [0.29, 0.717) is 5.56 Å². The number of hydrogen-bond acceptors (Lipinski definition) is 2. The molecule has 1 aromatic carbocycles. The molecule has 0 saturated carbocycles. The number of amides is 2. The van der Waals surface area contributed by atoms with E-state index >= 15 is 0 Å². The fourth-order valence-electron chi connectivity index (χ4n) is 1.99. The Kier molecular flexibility index (Phi) is 3.78. The molecule has 19 heavy (non-hydrogen) atoms. The molecule has 102 valence electrons. The molecule has 1 aliphatic rings. The minimum Gasteiger partial charge on any atom is -0.355 e. The van der Waals surface area contributed by atoms with Gasteiger partial charge in [0.05, 0.1) is 5.92 Å². The van der Waals surface area contributed by atoms with Crippen LogP contribution in [0.3, 0.4) is 0 Å². The number of rotatable bonds is 3. The zero-order valence-corrected chi connectivity index (χ0v) is 10.4. The van der Waals surface area contributed by atoms with Gasteiger partial charge in [-0.05, 0) is 18.6 Å². The molecule has 1 saturated heterocycles. The normalized spacial score (nSPS) is 18.3. The highest BCUT2D eigenvalue weighted by Gasteiger charge is 2.27. The summed E-state index contributed by atoms with van der Waals surface area (Å²) in [6, 6.07) is 2.51. The van der Waals surface area contributed by atoms with E-state index in [9.17, 15) is 18.4 Å². The van der Waals surface area contributed by atoms with Gasteiger partial charge in [0.15, 0.2) is 0 Å². The summed E-state index contributed by atoms with van der Waals surface area (Å²) in [6.07, 6.45) is 0.116. The Labute approximate surface area is 109 Å². The molecule has 0 aliphatic carbocycles. The monoisotopic (exact) mass is 268 g/mol. The first kappa shape index (κ1) is 13.5. The third-order valence-electron chi connectivity index (χ3n) is 3.17. The topological polar surface area (TPSA) is 58.2 Å². The standard InChI is InChI=1S/C13H14F2N2O2/c1-7-2-3-10(14)9(12(7)15)6-17-13(19)8-4-11(18)16-5-8/h2-3,8H,4-6H2,1H3,(H,16,18)(H,17,19). The van der Waals surface area contributed by atoms with Gasteiger partial charge in [0.25, 0.3) is 0 Å². The lowest BCUT2D eigenvalue weighted by Crippen LogP contribution is -2.32. The minimum absolute atomic E-state index is 0.116. The molecule has 0 radical (unpaired) electrons. The first-order chi connectivity index (χ1) is 8.99. The maximum absolute atomic E-state index is 13.7. The maximum Gasteiger partial charge on any atom is 0.225 e. The molecular weight excluding hydrogens is 254 g/mol. The van der Waals surface area contributed by atoms with Gasteiger partial charge in [-0.3, -0.25) is 9.59 Å². The SMILES string of the molecule is Cc1ccc(F)c(CNC(=O)C2CNC(=O)C2)c1F. The van der Waals surface area contributed by atoms with Gasteiger partial charge in [0.2, 0.25) is 11.8 Å². The number of hydrogen-bond donors (Lipinski definition) is 2. The van der Waals surface area contributed by atoms with Crippen LogP contribution in [0.15, 0.2) is 12.1 Å². The molecule has 4 nitrogen and oxygen atoms in total. The van der Waals surface area contributed by atoms with E-state index in [1.807, 2.05) is 0 Å². The van der Waals surface area contributed by atoms with Crippen molar-refractivity contribution >= 4 is 11.8 Å². The highest BCUT2D eigenvalue weighted by Crippen LogP contribution is 2.16. The molecule has 1 aliphatic heterocycles. The smallest absolute Gasteiger partial charge is 0.225 e. The van der Waals surface area contributed by atoms with Gasteiger partial charge in [-0.15, -0.1) is 0 Å². The Morgan fingerprint density at radius 2 is 2.21 bits per heavy atom. The zero-order valence-electron chi connectivity index (χ0n) is 10.4. The number of carbonyl (C=O) groups excluding carboxylic acids is 2. The number of halogens is 2. The van der Waals surface area contributed by atoms with Crippen molar-refractivity contribution in [3.8, 4) is 0 Å². The molecule has 6 heteroatoms. The summed E-state index contributed by atoms with van der Waals surface area (Å²) in [5.41, 5.74) is 0.161. The molecule has 2 N–H and O–H groups in total. The van der Waals surface area contributed by atoms with Crippen LogP contribution in [0, 0.1) is 24.5 Å². The van der Waals surface area contributed by atoms with Gasteiger partial charge >= 0.3 is 0 Å². The molecule has 1 fully saturated rings. The average molecular weight is 268 g/mol. The number of benzene rings is 1. The summed E-state index contributed by atoms with van der Waals surface area (Å²) in [5.74, 6) is -2.37. The summed E-state index contributed by atoms with van der Waals surface area (Å²) in [7, 11) is 0. The van der Waals surface area contributed by atoms with Gasteiger partial charge in [-0.2, -0.15) is 0 Å². The molecule has 2 rings (SSSR count).